The molecule has 2 heterocycles. The highest BCUT2D eigenvalue weighted by Crippen LogP contribution is 2.36. The van der Waals surface area contributed by atoms with E-state index in [9.17, 15) is 9.59 Å². The lowest BCUT2D eigenvalue weighted by atomic mass is 9.74. The normalized spacial score (nSPS) is 21.8. The number of fused-ring (bicyclic) bond motifs is 1. The first-order valence-corrected chi connectivity index (χ1v) is 5.84. The van der Waals surface area contributed by atoms with Crippen molar-refractivity contribution in [1.29, 1.82) is 0 Å². The Morgan fingerprint density at radius 2 is 2.33 bits per heavy atom. The number of esters is 1. The number of aldehydes is 1. The maximum absolute atomic E-state index is 11.4. The van der Waals surface area contributed by atoms with Gasteiger partial charge in [-0.25, -0.2) is 9.79 Å². The van der Waals surface area contributed by atoms with Gasteiger partial charge in [-0.1, -0.05) is 13.8 Å². The highest BCUT2D eigenvalue weighted by atomic mass is 16.5. The zero-order valence-corrected chi connectivity index (χ0v) is 10.7. The van der Waals surface area contributed by atoms with Gasteiger partial charge in [0.2, 0.25) is 0 Å². The van der Waals surface area contributed by atoms with Crippen LogP contribution in [0.5, 0.6) is 0 Å². The fraction of sp³-hybridized carbons (Fsp3) is 0.462. The van der Waals surface area contributed by atoms with E-state index in [0.29, 0.717) is 17.9 Å². The van der Waals surface area contributed by atoms with E-state index >= 15 is 0 Å². The fourth-order valence-electron chi connectivity index (χ4n) is 2.08. The zero-order chi connectivity index (χ0) is 13.3. The number of nitrogens with zero attached hydrogens (tertiary/aromatic N) is 1. The number of hydrogen-bond donors (Lipinski definition) is 1. The predicted octanol–water partition coefficient (Wildman–Crippen LogP) is 1.90. The van der Waals surface area contributed by atoms with Crippen LogP contribution in [0.4, 0.5) is 5.82 Å². The van der Waals surface area contributed by atoms with E-state index in [1.165, 1.54) is 7.11 Å². The van der Waals surface area contributed by atoms with Gasteiger partial charge < -0.3 is 14.5 Å². The minimum atomic E-state index is -0.581. The summed E-state index contributed by atoms with van der Waals surface area (Å²) in [6, 6.07) is 1.71. The van der Waals surface area contributed by atoms with E-state index < -0.39 is 11.4 Å². The van der Waals surface area contributed by atoms with E-state index in [4.69, 9.17) is 0 Å². The summed E-state index contributed by atoms with van der Waals surface area (Å²) in [5.74, 6) is 0.359. The summed E-state index contributed by atoms with van der Waals surface area (Å²) < 4.78 is 4.65. The highest BCUT2D eigenvalue weighted by Gasteiger charge is 2.36. The number of hydrogen-bond acceptors (Lipinski definition) is 4. The SMILES string of the molecule is COC(=O)c1cc2c([nH]1)N=CC(C=O)(C(C)C)C2. The lowest BCUT2D eigenvalue weighted by Crippen LogP contribution is -2.34. The van der Waals surface area contributed by atoms with Gasteiger partial charge in [-0.15, -0.1) is 0 Å². The summed E-state index contributed by atoms with van der Waals surface area (Å²) in [6.45, 7) is 3.97. The number of carbonyl (C=O) groups excluding carboxylic acids is 2. The van der Waals surface area contributed by atoms with Crippen molar-refractivity contribution >= 4 is 24.3 Å². The molecule has 18 heavy (non-hydrogen) atoms. The van der Waals surface area contributed by atoms with Gasteiger partial charge in [-0.3, -0.25) is 0 Å². The summed E-state index contributed by atoms with van der Waals surface area (Å²) in [4.78, 5) is 29.9. The molecule has 5 heteroatoms. The molecule has 2 rings (SSSR count). The van der Waals surface area contributed by atoms with Gasteiger partial charge >= 0.3 is 5.97 Å². The Morgan fingerprint density at radius 3 is 2.89 bits per heavy atom. The predicted molar refractivity (Wildman–Crippen MR) is 67.3 cm³/mol. The van der Waals surface area contributed by atoms with Crippen LogP contribution in [-0.4, -0.2) is 30.6 Å². The second-order valence-corrected chi connectivity index (χ2v) is 4.87. The van der Waals surface area contributed by atoms with Crippen molar-refractivity contribution in [3.05, 3.63) is 17.3 Å². The molecule has 0 amide bonds. The number of H-pyrrole nitrogens is 1. The Morgan fingerprint density at radius 1 is 1.61 bits per heavy atom. The van der Waals surface area contributed by atoms with E-state index in [2.05, 4.69) is 14.7 Å². The summed E-state index contributed by atoms with van der Waals surface area (Å²) in [6.07, 6.45) is 3.17. The molecule has 0 fully saturated rings. The highest BCUT2D eigenvalue weighted by molar-refractivity contribution is 5.93. The van der Waals surface area contributed by atoms with Crippen LogP contribution in [-0.2, 0) is 16.0 Å². The molecule has 0 aliphatic carbocycles. The lowest BCUT2D eigenvalue weighted by molar-refractivity contribution is -0.114. The van der Waals surface area contributed by atoms with Gasteiger partial charge in [-0.05, 0) is 24.0 Å². The first kappa shape index (κ1) is 12.5. The van der Waals surface area contributed by atoms with Gasteiger partial charge in [0.05, 0.1) is 12.5 Å². The van der Waals surface area contributed by atoms with Gasteiger partial charge in [0.15, 0.2) is 0 Å². The number of methoxy groups -OCH3 is 1. The number of aromatic amines is 1. The van der Waals surface area contributed by atoms with Crippen LogP contribution < -0.4 is 0 Å². The van der Waals surface area contributed by atoms with Crippen LogP contribution in [0.2, 0.25) is 0 Å². The van der Waals surface area contributed by atoms with Crippen molar-refractivity contribution < 1.29 is 14.3 Å². The molecule has 1 aromatic rings. The van der Waals surface area contributed by atoms with E-state index in [1.54, 1.807) is 12.3 Å². The van der Waals surface area contributed by atoms with Gasteiger partial charge in [0, 0.05) is 6.21 Å². The topological polar surface area (TPSA) is 71.5 Å². The third-order valence-corrected chi connectivity index (χ3v) is 3.51. The van der Waals surface area contributed by atoms with Crippen LogP contribution in [0, 0.1) is 11.3 Å². The molecule has 1 aliphatic rings. The first-order chi connectivity index (χ1) is 8.52. The zero-order valence-electron chi connectivity index (χ0n) is 10.7. The van der Waals surface area contributed by atoms with Crippen LogP contribution in [0.25, 0.3) is 0 Å². The van der Waals surface area contributed by atoms with Crippen LogP contribution in [0.15, 0.2) is 11.1 Å². The van der Waals surface area contributed by atoms with Crippen LogP contribution in [0.3, 0.4) is 0 Å². The number of nitrogens with one attached hydrogen (secondary N) is 1. The average molecular weight is 248 g/mol. The smallest absolute Gasteiger partial charge is 0.354 e. The minimum absolute atomic E-state index is 0.156. The molecule has 1 aromatic heterocycles. The molecule has 0 bridgehead atoms. The molecule has 1 atom stereocenters. The Bertz CT molecular complexity index is 516. The second-order valence-electron chi connectivity index (χ2n) is 4.87. The van der Waals surface area contributed by atoms with Crippen LogP contribution in [0.1, 0.15) is 29.9 Å². The molecule has 0 radical (unpaired) electrons. The molecule has 1 N–H and O–H groups in total. The number of aliphatic imine (C=N–C) groups is 1. The van der Waals surface area contributed by atoms with Crippen molar-refractivity contribution in [3.63, 3.8) is 0 Å². The van der Waals surface area contributed by atoms with Crippen molar-refractivity contribution in [2.45, 2.75) is 20.3 Å². The average Bonchev–Trinajstić information content (AvgIpc) is 2.79. The molecule has 1 aliphatic heterocycles. The van der Waals surface area contributed by atoms with Gasteiger partial charge in [0.25, 0.3) is 0 Å². The monoisotopic (exact) mass is 248 g/mol. The summed E-state index contributed by atoms with van der Waals surface area (Å²) >= 11 is 0. The van der Waals surface area contributed by atoms with Gasteiger partial charge in [-0.2, -0.15) is 0 Å². The quantitative estimate of drug-likeness (QED) is 0.656. The Labute approximate surface area is 105 Å². The standard InChI is InChI=1S/C13H16N2O3/c1-8(2)13(7-16)5-9-4-10(12(17)18-3)15-11(9)14-6-13/h4,6-8,15H,5H2,1-3H3. The Balaban J connectivity index is 2.37. The molecule has 5 nitrogen and oxygen atoms in total. The van der Waals surface area contributed by atoms with E-state index in [0.717, 1.165) is 11.8 Å². The fourth-order valence-corrected chi connectivity index (χ4v) is 2.08. The molecule has 0 aromatic carbocycles. The summed E-state index contributed by atoms with van der Waals surface area (Å²) in [5, 5.41) is 0. The third kappa shape index (κ3) is 1.85. The molecule has 96 valence electrons. The maximum Gasteiger partial charge on any atom is 0.354 e. The first-order valence-electron chi connectivity index (χ1n) is 5.84. The lowest BCUT2D eigenvalue weighted by Gasteiger charge is -2.30. The van der Waals surface area contributed by atoms with Crippen molar-refractivity contribution in [3.8, 4) is 0 Å². The molecule has 0 saturated carbocycles. The van der Waals surface area contributed by atoms with Crippen molar-refractivity contribution in [1.82, 2.24) is 4.98 Å². The number of ether oxygens (including phenoxy) is 1. The van der Waals surface area contributed by atoms with E-state index in [1.807, 2.05) is 13.8 Å². The number of aromatic nitrogens is 1. The maximum atomic E-state index is 11.4. The third-order valence-electron chi connectivity index (χ3n) is 3.51. The Kier molecular flexibility index (Phi) is 3.07. The molecule has 0 spiro atoms. The molecule has 0 saturated heterocycles. The Hall–Kier alpha value is -1.91. The minimum Gasteiger partial charge on any atom is -0.464 e. The second kappa shape index (κ2) is 4.40. The number of rotatable bonds is 3. The summed E-state index contributed by atoms with van der Waals surface area (Å²) in [7, 11) is 1.33. The largest absolute Gasteiger partial charge is 0.464 e. The summed E-state index contributed by atoms with van der Waals surface area (Å²) in [5.41, 5.74) is 0.659. The molecular formula is C13H16N2O3. The van der Waals surface area contributed by atoms with Crippen molar-refractivity contribution in [2.24, 2.45) is 16.3 Å². The van der Waals surface area contributed by atoms with Crippen LogP contribution >= 0.6 is 0 Å². The van der Waals surface area contributed by atoms with E-state index in [-0.39, 0.29) is 5.92 Å². The number of carbonyl (C=O) groups is 2. The molecule has 1 unspecified atom stereocenters. The molecular weight excluding hydrogens is 232 g/mol. The van der Waals surface area contributed by atoms with Crippen molar-refractivity contribution in [2.75, 3.05) is 7.11 Å². The van der Waals surface area contributed by atoms with Gasteiger partial charge in [0.1, 0.15) is 17.8 Å².